The Bertz CT molecular complexity index is 346. The van der Waals surface area contributed by atoms with Crippen molar-refractivity contribution in [3.8, 4) is 6.07 Å². The van der Waals surface area contributed by atoms with Crippen molar-refractivity contribution in [2.45, 2.75) is 18.7 Å². The Morgan fingerprint density at radius 3 is 3.13 bits per heavy atom. The Morgan fingerprint density at radius 1 is 1.67 bits per heavy atom. The van der Waals surface area contributed by atoms with E-state index in [1.807, 2.05) is 23.9 Å². The predicted octanol–water partition coefficient (Wildman–Crippen LogP) is 1.79. The standard InChI is InChI=1S/C11H15N3S/c1-9(15-2)7-13-8-10-4-3-5-14-11(10)6-12/h3-5,9,13H,7-8H2,1-2H3. The minimum atomic E-state index is 0.516. The predicted molar refractivity (Wildman–Crippen MR) is 63.6 cm³/mol. The van der Waals surface area contributed by atoms with Gasteiger partial charge in [-0.3, -0.25) is 0 Å². The smallest absolute Gasteiger partial charge is 0.144 e. The zero-order chi connectivity index (χ0) is 11.1. The van der Waals surface area contributed by atoms with Crippen molar-refractivity contribution in [1.82, 2.24) is 10.3 Å². The van der Waals surface area contributed by atoms with E-state index in [1.165, 1.54) is 0 Å². The first kappa shape index (κ1) is 12.0. The third-order valence-corrected chi connectivity index (χ3v) is 3.12. The van der Waals surface area contributed by atoms with Gasteiger partial charge in [0.15, 0.2) is 0 Å². The van der Waals surface area contributed by atoms with Gasteiger partial charge in [-0.15, -0.1) is 0 Å². The highest BCUT2D eigenvalue weighted by atomic mass is 32.2. The SMILES string of the molecule is CSC(C)CNCc1cccnc1C#N. The Labute approximate surface area is 94.9 Å². The van der Waals surface area contributed by atoms with E-state index < -0.39 is 0 Å². The number of hydrogen-bond acceptors (Lipinski definition) is 4. The molecule has 0 saturated heterocycles. The van der Waals surface area contributed by atoms with Gasteiger partial charge < -0.3 is 5.32 Å². The van der Waals surface area contributed by atoms with Crippen molar-refractivity contribution in [3.05, 3.63) is 29.6 Å². The molecule has 80 valence electrons. The molecule has 1 rings (SSSR count). The van der Waals surface area contributed by atoms with E-state index in [2.05, 4.69) is 29.5 Å². The summed E-state index contributed by atoms with van der Waals surface area (Å²) >= 11 is 1.83. The lowest BCUT2D eigenvalue weighted by Gasteiger charge is -2.09. The molecule has 0 aliphatic rings. The zero-order valence-electron chi connectivity index (χ0n) is 9.03. The number of nitriles is 1. The van der Waals surface area contributed by atoms with Crippen LogP contribution in [-0.2, 0) is 6.54 Å². The molecule has 0 saturated carbocycles. The highest BCUT2D eigenvalue weighted by molar-refractivity contribution is 7.99. The van der Waals surface area contributed by atoms with E-state index in [4.69, 9.17) is 5.26 Å². The Hall–Kier alpha value is -1.05. The number of thioether (sulfide) groups is 1. The van der Waals surface area contributed by atoms with Crippen LogP contribution in [0.2, 0.25) is 0 Å². The molecule has 1 N–H and O–H groups in total. The fraction of sp³-hybridized carbons (Fsp3) is 0.455. The van der Waals surface area contributed by atoms with E-state index in [-0.39, 0.29) is 0 Å². The van der Waals surface area contributed by atoms with Crippen LogP contribution < -0.4 is 5.32 Å². The summed E-state index contributed by atoms with van der Waals surface area (Å²) in [4.78, 5) is 4.01. The summed E-state index contributed by atoms with van der Waals surface area (Å²) in [6.45, 7) is 3.83. The molecule has 0 aliphatic carbocycles. The summed E-state index contributed by atoms with van der Waals surface area (Å²) < 4.78 is 0. The van der Waals surface area contributed by atoms with Gasteiger partial charge in [-0.2, -0.15) is 17.0 Å². The molecule has 1 atom stereocenters. The molecule has 0 spiro atoms. The van der Waals surface area contributed by atoms with E-state index in [1.54, 1.807) is 6.20 Å². The van der Waals surface area contributed by atoms with Crippen LogP contribution in [0.3, 0.4) is 0 Å². The molecule has 3 nitrogen and oxygen atoms in total. The number of pyridine rings is 1. The molecule has 1 heterocycles. The Morgan fingerprint density at radius 2 is 2.47 bits per heavy atom. The van der Waals surface area contributed by atoms with Gasteiger partial charge in [0.2, 0.25) is 0 Å². The topological polar surface area (TPSA) is 48.7 Å². The summed E-state index contributed by atoms with van der Waals surface area (Å²) in [6.07, 6.45) is 3.74. The Balaban J connectivity index is 2.47. The number of nitrogens with zero attached hydrogens (tertiary/aromatic N) is 2. The van der Waals surface area contributed by atoms with E-state index >= 15 is 0 Å². The molecule has 4 heteroatoms. The zero-order valence-corrected chi connectivity index (χ0v) is 9.84. The molecule has 1 aromatic rings. The van der Waals surface area contributed by atoms with Crippen LogP contribution >= 0.6 is 11.8 Å². The second kappa shape index (κ2) is 6.44. The third-order valence-electron chi connectivity index (χ3n) is 2.15. The van der Waals surface area contributed by atoms with Crippen molar-refractivity contribution in [1.29, 1.82) is 5.26 Å². The minimum absolute atomic E-state index is 0.516. The fourth-order valence-electron chi connectivity index (χ4n) is 1.18. The summed E-state index contributed by atoms with van der Waals surface area (Å²) in [5.74, 6) is 0. The first-order chi connectivity index (χ1) is 7.27. The minimum Gasteiger partial charge on any atom is -0.311 e. The van der Waals surface area contributed by atoms with Crippen LogP contribution in [0.1, 0.15) is 18.2 Å². The quantitative estimate of drug-likeness (QED) is 0.823. The van der Waals surface area contributed by atoms with Crippen molar-refractivity contribution in [2.75, 3.05) is 12.8 Å². The maximum atomic E-state index is 8.83. The summed E-state index contributed by atoms with van der Waals surface area (Å²) in [6, 6.07) is 5.88. The molecule has 15 heavy (non-hydrogen) atoms. The van der Waals surface area contributed by atoms with Gasteiger partial charge in [0.05, 0.1) is 0 Å². The van der Waals surface area contributed by atoms with Gasteiger partial charge in [-0.1, -0.05) is 13.0 Å². The highest BCUT2D eigenvalue weighted by Gasteiger charge is 2.02. The van der Waals surface area contributed by atoms with Gasteiger partial charge in [0, 0.05) is 30.1 Å². The van der Waals surface area contributed by atoms with E-state index in [9.17, 15) is 0 Å². The second-order valence-electron chi connectivity index (χ2n) is 3.30. The molecule has 0 radical (unpaired) electrons. The van der Waals surface area contributed by atoms with Gasteiger partial charge >= 0.3 is 0 Å². The average molecular weight is 221 g/mol. The third kappa shape index (κ3) is 3.90. The van der Waals surface area contributed by atoms with E-state index in [0.29, 0.717) is 17.5 Å². The second-order valence-corrected chi connectivity index (χ2v) is 4.58. The van der Waals surface area contributed by atoms with Gasteiger partial charge in [0.25, 0.3) is 0 Å². The van der Waals surface area contributed by atoms with Crippen LogP contribution in [0, 0.1) is 11.3 Å². The lowest BCUT2D eigenvalue weighted by Crippen LogP contribution is -2.22. The van der Waals surface area contributed by atoms with Crippen molar-refractivity contribution in [3.63, 3.8) is 0 Å². The average Bonchev–Trinajstić information content (AvgIpc) is 2.29. The normalized spacial score (nSPS) is 12.1. The molecular formula is C11H15N3S. The van der Waals surface area contributed by atoms with Gasteiger partial charge in [-0.05, 0) is 12.3 Å². The van der Waals surface area contributed by atoms with Crippen molar-refractivity contribution < 1.29 is 0 Å². The van der Waals surface area contributed by atoms with Crippen LogP contribution in [0.25, 0.3) is 0 Å². The first-order valence-corrected chi connectivity index (χ1v) is 6.14. The van der Waals surface area contributed by atoms with Gasteiger partial charge in [-0.25, -0.2) is 4.98 Å². The maximum absolute atomic E-state index is 8.83. The van der Waals surface area contributed by atoms with Crippen LogP contribution in [0.15, 0.2) is 18.3 Å². The molecule has 0 fully saturated rings. The van der Waals surface area contributed by atoms with Gasteiger partial charge in [0.1, 0.15) is 11.8 Å². The lowest BCUT2D eigenvalue weighted by molar-refractivity contribution is 0.681. The first-order valence-electron chi connectivity index (χ1n) is 4.85. The number of nitrogens with one attached hydrogen (secondary N) is 1. The fourth-order valence-corrected chi connectivity index (χ4v) is 1.46. The Kier molecular flexibility index (Phi) is 5.16. The monoisotopic (exact) mass is 221 g/mol. The maximum Gasteiger partial charge on any atom is 0.144 e. The molecule has 0 aliphatic heterocycles. The molecular weight excluding hydrogens is 206 g/mol. The molecule has 1 unspecified atom stereocenters. The van der Waals surface area contributed by atoms with Crippen molar-refractivity contribution in [2.24, 2.45) is 0 Å². The van der Waals surface area contributed by atoms with Crippen LogP contribution in [0.5, 0.6) is 0 Å². The molecule has 0 aromatic carbocycles. The highest BCUT2D eigenvalue weighted by Crippen LogP contribution is 2.05. The summed E-state index contributed by atoms with van der Waals surface area (Å²) in [5, 5.41) is 12.7. The summed E-state index contributed by atoms with van der Waals surface area (Å²) in [7, 11) is 0. The molecule has 1 aromatic heterocycles. The van der Waals surface area contributed by atoms with Crippen LogP contribution in [0.4, 0.5) is 0 Å². The largest absolute Gasteiger partial charge is 0.311 e. The van der Waals surface area contributed by atoms with E-state index in [0.717, 1.165) is 12.1 Å². The number of rotatable bonds is 5. The van der Waals surface area contributed by atoms with Crippen molar-refractivity contribution >= 4 is 11.8 Å². The molecule has 0 amide bonds. The number of hydrogen-bond donors (Lipinski definition) is 1. The summed E-state index contributed by atoms with van der Waals surface area (Å²) in [5.41, 5.74) is 1.48. The number of aromatic nitrogens is 1. The van der Waals surface area contributed by atoms with Crippen LogP contribution in [-0.4, -0.2) is 23.0 Å². The molecule has 0 bridgehead atoms. The lowest BCUT2D eigenvalue weighted by atomic mass is 10.2.